The smallest absolute Gasteiger partial charge is 0.305 e. The van der Waals surface area contributed by atoms with E-state index in [-0.39, 0.29) is 24.6 Å². The van der Waals surface area contributed by atoms with Crippen molar-refractivity contribution >= 4 is 5.97 Å². The van der Waals surface area contributed by atoms with Crippen molar-refractivity contribution in [3.05, 3.63) is 0 Å². The van der Waals surface area contributed by atoms with Gasteiger partial charge in [0.05, 0.1) is 19.8 Å². The fourth-order valence-electron chi connectivity index (χ4n) is 3.52. The van der Waals surface area contributed by atoms with E-state index in [4.69, 9.17) is 14.9 Å². The predicted octanol–water partition coefficient (Wildman–Crippen LogP) is 8.22. The summed E-state index contributed by atoms with van der Waals surface area (Å²) in [5.41, 5.74) is -0.306. The Morgan fingerprint density at radius 3 is 1.48 bits per heavy atom. The lowest BCUT2D eigenvalue weighted by Crippen LogP contribution is -2.20. The van der Waals surface area contributed by atoms with Crippen LogP contribution in [0.5, 0.6) is 0 Å². The van der Waals surface area contributed by atoms with Crippen LogP contribution < -0.4 is 0 Å². The van der Waals surface area contributed by atoms with Gasteiger partial charge in [0.1, 0.15) is 0 Å². The first-order chi connectivity index (χ1) is 15.9. The van der Waals surface area contributed by atoms with Crippen LogP contribution >= 0.6 is 0 Å². The predicted molar refractivity (Wildman–Crippen MR) is 143 cm³/mol. The quantitative estimate of drug-likeness (QED) is 0.123. The van der Waals surface area contributed by atoms with Crippen molar-refractivity contribution in [1.29, 1.82) is 0 Å². The number of aliphatic hydroxyl groups excluding tert-OH is 2. The summed E-state index contributed by atoms with van der Waals surface area (Å²) in [5.74, 6) is 0.577. The van der Waals surface area contributed by atoms with E-state index < -0.39 is 0 Å². The van der Waals surface area contributed by atoms with Crippen LogP contribution in [0.4, 0.5) is 0 Å². The van der Waals surface area contributed by atoms with Crippen molar-refractivity contribution in [2.45, 2.75) is 150 Å². The van der Waals surface area contributed by atoms with Crippen molar-refractivity contribution in [1.82, 2.24) is 0 Å². The summed E-state index contributed by atoms with van der Waals surface area (Å²) < 4.78 is 5.46. The number of unbranched alkanes of at least 4 members (excludes halogenated alkanes) is 13. The third-order valence-electron chi connectivity index (χ3n) is 6.36. The summed E-state index contributed by atoms with van der Waals surface area (Å²) in [5, 5.41) is 16.9. The fraction of sp³-hybridized carbons (Fsp3) is 0.966. The van der Waals surface area contributed by atoms with Crippen LogP contribution in [0.15, 0.2) is 0 Å². The Kier molecular flexibility index (Phi) is 27.2. The molecule has 4 nitrogen and oxygen atoms in total. The summed E-state index contributed by atoms with van der Waals surface area (Å²) in [7, 11) is 0. The Balaban J connectivity index is 0. The zero-order valence-electron chi connectivity index (χ0n) is 23.1. The minimum atomic E-state index is -0.306. The molecule has 0 amide bonds. The average molecular weight is 473 g/mol. The van der Waals surface area contributed by atoms with Gasteiger partial charge in [-0.1, -0.05) is 131 Å². The maximum absolute atomic E-state index is 11.8. The first-order valence-corrected chi connectivity index (χ1v) is 14.2. The second kappa shape index (κ2) is 26.0. The molecule has 0 bridgehead atoms. The van der Waals surface area contributed by atoms with Crippen LogP contribution in [0.3, 0.4) is 0 Å². The summed E-state index contributed by atoms with van der Waals surface area (Å²) >= 11 is 0. The van der Waals surface area contributed by atoms with Crippen molar-refractivity contribution < 1.29 is 19.7 Å². The molecule has 0 aliphatic carbocycles. The molecule has 0 saturated heterocycles. The fourth-order valence-corrected chi connectivity index (χ4v) is 3.52. The third-order valence-corrected chi connectivity index (χ3v) is 6.36. The number of hydrogen-bond acceptors (Lipinski definition) is 4. The SMILES string of the molecule is CC(C)(CO)CO.CCCCCCCCCCCCCCCC(=O)OCC(CC)CCCC. The molecule has 0 heterocycles. The molecule has 0 saturated carbocycles. The Hall–Kier alpha value is -0.610. The number of ether oxygens (including phenoxy) is 1. The van der Waals surface area contributed by atoms with Gasteiger partial charge in [0.2, 0.25) is 0 Å². The third kappa shape index (κ3) is 27.5. The molecule has 0 radical (unpaired) electrons. The molecule has 0 spiro atoms. The maximum Gasteiger partial charge on any atom is 0.305 e. The molecule has 1 atom stereocenters. The van der Waals surface area contributed by atoms with Gasteiger partial charge < -0.3 is 14.9 Å². The van der Waals surface area contributed by atoms with Crippen molar-refractivity contribution in [3.8, 4) is 0 Å². The highest BCUT2D eigenvalue weighted by Gasteiger charge is 2.13. The van der Waals surface area contributed by atoms with Crippen LogP contribution in [0.1, 0.15) is 150 Å². The molecule has 0 aromatic heterocycles. The van der Waals surface area contributed by atoms with Crippen LogP contribution in [-0.4, -0.2) is 36.0 Å². The molecule has 2 N–H and O–H groups in total. The minimum Gasteiger partial charge on any atom is -0.465 e. The molecular weight excluding hydrogens is 412 g/mol. The van der Waals surface area contributed by atoms with Gasteiger partial charge in [0.25, 0.3) is 0 Å². The van der Waals surface area contributed by atoms with Crippen molar-refractivity contribution in [2.24, 2.45) is 11.3 Å². The van der Waals surface area contributed by atoms with Gasteiger partial charge in [0, 0.05) is 11.8 Å². The van der Waals surface area contributed by atoms with Crippen LogP contribution in [0.2, 0.25) is 0 Å². The zero-order valence-corrected chi connectivity index (χ0v) is 23.1. The molecule has 0 aliphatic heterocycles. The highest BCUT2D eigenvalue weighted by molar-refractivity contribution is 5.69. The van der Waals surface area contributed by atoms with Gasteiger partial charge in [-0.25, -0.2) is 0 Å². The van der Waals surface area contributed by atoms with E-state index in [1.807, 2.05) is 0 Å². The standard InChI is InChI=1S/C24H48O2.C5H12O2/c1-4-7-9-10-11-12-13-14-15-16-17-18-19-21-24(25)26-22-23(6-3)20-8-5-2;1-5(2,3-6)4-7/h23H,4-22H2,1-3H3;6-7H,3-4H2,1-2H3. The second-order valence-electron chi connectivity index (χ2n) is 10.6. The molecular formula is C29H60O4. The summed E-state index contributed by atoms with van der Waals surface area (Å²) in [6, 6.07) is 0. The highest BCUT2D eigenvalue weighted by Crippen LogP contribution is 2.15. The van der Waals surface area contributed by atoms with E-state index in [0.717, 1.165) is 12.8 Å². The minimum absolute atomic E-state index is 0.0167. The lowest BCUT2D eigenvalue weighted by Gasteiger charge is -2.16. The second-order valence-corrected chi connectivity index (χ2v) is 10.6. The Morgan fingerprint density at radius 1 is 0.697 bits per heavy atom. The van der Waals surface area contributed by atoms with Gasteiger partial charge in [-0.2, -0.15) is 0 Å². The number of aliphatic hydroxyl groups is 2. The van der Waals surface area contributed by atoms with Crippen molar-refractivity contribution in [2.75, 3.05) is 19.8 Å². The Morgan fingerprint density at radius 2 is 1.12 bits per heavy atom. The van der Waals surface area contributed by atoms with Gasteiger partial charge in [-0.15, -0.1) is 0 Å². The molecule has 0 aliphatic rings. The van der Waals surface area contributed by atoms with Gasteiger partial charge >= 0.3 is 5.97 Å². The molecule has 200 valence electrons. The summed E-state index contributed by atoms with van der Waals surface area (Å²) in [6.07, 6.45) is 22.8. The molecule has 0 aromatic carbocycles. The topological polar surface area (TPSA) is 66.8 Å². The number of carbonyl (C=O) groups excluding carboxylic acids is 1. The van der Waals surface area contributed by atoms with E-state index in [9.17, 15) is 4.79 Å². The monoisotopic (exact) mass is 472 g/mol. The van der Waals surface area contributed by atoms with E-state index >= 15 is 0 Å². The van der Waals surface area contributed by atoms with E-state index in [2.05, 4.69) is 20.8 Å². The molecule has 33 heavy (non-hydrogen) atoms. The van der Waals surface area contributed by atoms with Crippen LogP contribution in [-0.2, 0) is 9.53 Å². The van der Waals surface area contributed by atoms with Gasteiger partial charge in [-0.3, -0.25) is 4.79 Å². The molecule has 1 unspecified atom stereocenters. The average Bonchev–Trinajstić information content (AvgIpc) is 2.82. The van der Waals surface area contributed by atoms with Gasteiger partial charge in [-0.05, 0) is 18.8 Å². The molecule has 0 rings (SSSR count). The summed E-state index contributed by atoms with van der Waals surface area (Å²) in [6.45, 7) is 11.0. The summed E-state index contributed by atoms with van der Waals surface area (Å²) in [4.78, 5) is 11.8. The van der Waals surface area contributed by atoms with E-state index in [0.29, 0.717) is 18.9 Å². The van der Waals surface area contributed by atoms with Crippen LogP contribution in [0, 0.1) is 11.3 Å². The zero-order chi connectivity index (χ0) is 25.2. The normalized spacial score (nSPS) is 12.2. The lowest BCUT2D eigenvalue weighted by molar-refractivity contribution is -0.145. The number of hydrogen-bond donors (Lipinski definition) is 2. The first-order valence-electron chi connectivity index (χ1n) is 14.2. The van der Waals surface area contributed by atoms with Crippen LogP contribution in [0.25, 0.3) is 0 Å². The first kappa shape index (κ1) is 34.6. The van der Waals surface area contributed by atoms with Crippen molar-refractivity contribution in [3.63, 3.8) is 0 Å². The Labute approximate surface area is 207 Å². The van der Waals surface area contributed by atoms with E-state index in [1.165, 1.54) is 96.3 Å². The number of carbonyl (C=O) groups is 1. The largest absolute Gasteiger partial charge is 0.465 e. The molecule has 0 fully saturated rings. The highest BCUT2D eigenvalue weighted by atomic mass is 16.5. The molecule has 0 aromatic rings. The molecule has 4 heteroatoms. The lowest BCUT2D eigenvalue weighted by atomic mass is 9.97. The Bertz CT molecular complexity index is 389. The number of rotatable bonds is 22. The number of esters is 1. The maximum atomic E-state index is 11.8. The van der Waals surface area contributed by atoms with E-state index in [1.54, 1.807) is 13.8 Å². The van der Waals surface area contributed by atoms with Gasteiger partial charge in [0.15, 0.2) is 0 Å².